The Hall–Kier alpha value is -1.07. The highest BCUT2D eigenvalue weighted by Gasteiger charge is 2.17. The topological polar surface area (TPSA) is 55.4 Å². The van der Waals surface area contributed by atoms with E-state index < -0.39 is 9.84 Å². The number of aryl methyl sites for hydroxylation is 1. The molecule has 0 saturated carbocycles. The van der Waals surface area contributed by atoms with Crippen molar-refractivity contribution in [1.82, 2.24) is 5.32 Å². The second-order valence-corrected chi connectivity index (χ2v) is 8.26. The zero-order chi connectivity index (χ0) is 16.0. The van der Waals surface area contributed by atoms with Gasteiger partial charge in [0.15, 0.2) is 9.84 Å². The average molecular weight is 313 g/mol. The predicted octanol–water partition coefficient (Wildman–Crippen LogP) is 2.87. The lowest BCUT2D eigenvalue weighted by molar-refractivity contribution is 0.333. The van der Waals surface area contributed by atoms with E-state index in [9.17, 15) is 8.42 Å². The fraction of sp³-hybridized carbons (Fsp3) is 0.625. The molecule has 4 nitrogen and oxygen atoms in total. The van der Waals surface area contributed by atoms with Crippen LogP contribution in [0.4, 0.5) is 0 Å². The van der Waals surface area contributed by atoms with Crippen LogP contribution in [0.1, 0.15) is 44.9 Å². The standard InChI is InChI=1S/C16H27NO3S/c1-6-17-14(5)15-11-13(4)7-8-16(15)20-9-10-21(18,19)12(2)3/h7-8,11-12,14,17H,6,9-10H2,1-5H3. The van der Waals surface area contributed by atoms with Gasteiger partial charge in [0, 0.05) is 11.6 Å². The van der Waals surface area contributed by atoms with Crippen molar-refractivity contribution in [1.29, 1.82) is 0 Å². The van der Waals surface area contributed by atoms with Gasteiger partial charge in [-0.1, -0.05) is 24.6 Å². The monoisotopic (exact) mass is 313 g/mol. The lowest BCUT2D eigenvalue weighted by atomic mass is 10.0. The molecule has 0 bridgehead atoms. The van der Waals surface area contributed by atoms with Crippen molar-refractivity contribution >= 4 is 9.84 Å². The van der Waals surface area contributed by atoms with Gasteiger partial charge in [0.05, 0.1) is 11.0 Å². The summed E-state index contributed by atoms with van der Waals surface area (Å²) in [4.78, 5) is 0. The van der Waals surface area contributed by atoms with Crippen molar-refractivity contribution in [3.63, 3.8) is 0 Å². The molecule has 0 spiro atoms. The highest BCUT2D eigenvalue weighted by molar-refractivity contribution is 7.91. The molecule has 1 unspecified atom stereocenters. The first-order chi connectivity index (χ1) is 9.77. The van der Waals surface area contributed by atoms with Gasteiger partial charge in [-0.2, -0.15) is 0 Å². The summed E-state index contributed by atoms with van der Waals surface area (Å²) in [7, 11) is -3.06. The van der Waals surface area contributed by atoms with Crippen LogP contribution in [0.5, 0.6) is 5.75 Å². The Bertz CT molecular complexity index is 553. The minimum atomic E-state index is -3.06. The highest BCUT2D eigenvalue weighted by Crippen LogP contribution is 2.26. The molecule has 0 saturated heterocycles. The maximum Gasteiger partial charge on any atom is 0.155 e. The Morgan fingerprint density at radius 3 is 2.48 bits per heavy atom. The number of ether oxygens (including phenoxy) is 1. The van der Waals surface area contributed by atoms with Crippen LogP contribution in [-0.4, -0.2) is 32.6 Å². The van der Waals surface area contributed by atoms with Crippen LogP contribution in [0.2, 0.25) is 0 Å². The number of nitrogens with one attached hydrogen (secondary N) is 1. The summed E-state index contributed by atoms with van der Waals surface area (Å²) in [5.41, 5.74) is 2.23. The average Bonchev–Trinajstić information content (AvgIpc) is 2.40. The normalized spacial score (nSPS) is 13.4. The molecule has 21 heavy (non-hydrogen) atoms. The Morgan fingerprint density at radius 1 is 1.24 bits per heavy atom. The molecule has 1 rings (SSSR count). The number of sulfone groups is 1. The molecule has 0 aliphatic heterocycles. The van der Waals surface area contributed by atoms with Crippen molar-refractivity contribution in [3.05, 3.63) is 29.3 Å². The van der Waals surface area contributed by atoms with Gasteiger partial charge in [-0.3, -0.25) is 0 Å². The fourth-order valence-electron chi connectivity index (χ4n) is 2.06. The van der Waals surface area contributed by atoms with E-state index >= 15 is 0 Å². The molecule has 0 radical (unpaired) electrons. The molecule has 0 fully saturated rings. The van der Waals surface area contributed by atoms with Crippen molar-refractivity contribution in [3.8, 4) is 5.75 Å². The molecule has 0 aliphatic carbocycles. The predicted molar refractivity (Wildman–Crippen MR) is 87.7 cm³/mol. The molecule has 0 amide bonds. The van der Waals surface area contributed by atoms with Gasteiger partial charge in [0.1, 0.15) is 12.4 Å². The van der Waals surface area contributed by atoms with E-state index in [2.05, 4.69) is 25.2 Å². The molecule has 120 valence electrons. The number of hydrogen-bond acceptors (Lipinski definition) is 4. The van der Waals surface area contributed by atoms with Crippen molar-refractivity contribution in [2.45, 2.75) is 45.9 Å². The maximum atomic E-state index is 11.8. The zero-order valence-electron chi connectivity index (χ0n) is 13.6. The second kappa shape index (κ2) is 7.80. The van der Waals surface area contributed by atoms with E-state index in [4.69, 9.17) is 4.74 Å². The third kappa shape index (κ3) is 5.32. The number of rotatable bonds is 8. The van der Waals surface area contributed by atoms with Crippen molar-refractivity contribution in [2.75, 3.05) is 18.9 Å². The first kappa shape index (κ1) is 18.0. The van der Waals surface area contributed by atoms with Gasteiger partial charge < -0.3 is 10.1 Å². The first-order valence-electron chi connectivity index (χ1n) is 7.46. The lowest BCUT2D eigenvalue weighted by Gasteiger charge is -2.18. The van der Waals surface area contributed by atoms with Gasteiger partial charge >= 0.3 is 0 Å². The van der Waals surface area contributed by atoms with E-state index in [1.165, 1.54) is 0 Å². The van der Waals surface area contributed by atoms with Crippen LogP contribution in [-0.2, 0) is 9.84 Å². The fourth-order valence-corrected chi connectivity index (χ4v) is 2.84. The summed E-state index contributed by atoms with van der Waals surface area (Å²) in [6.45, 7) is 10.6. The summed E-state index contributed by atoms with van der Waals surface area (Å²) in [6.07, 6.45) is 0. The first-order valence-corrected chi connectivity index (χ1v) is 9.17. The summed E-state index contributed by atoms with van der Waals surface area (Å²) in [5.74, 6) is 0.807. The smallest absolute Gasteiger partial charge is 0.155 e. The SMILES string of the molecule is CCNC(C)c1cc(C)ccc1OCCS(=O)(=O)C(C)C. The van der Waals surface area contributed by atoms with E-state index in [1.54, 1.807) is 13.8 Å². The molecule has 1 aromatic carbocycles. The quantitative estimate of drug-likeness (QED) is 0.802. The minimum absolute atomic E-state index is 0.0492. The van der Waals surface area contributed by atoms with E-state index in [0.29, 0.717) is 0 Å². The molecule has 0 heterocycles. The molecule has 1 aromatic rings. The van der Waals surface area contributed by atoms with Crippen LogP contribution in [0.25, 0.3) is 0 Å². The summed E-state index contributed by atoms with van der Waals surface area (Å²) < 4.78 is 29.3. The van der Waals surface area contributed by atoms with Crippen LogP contribution in [0.3, 0.4) is 0 Å². The van der Waals surface area contributed by atoms with Gasteiger partial charge in [-0.25, -0.2) is 8.42 Å². The molecule has 5 heteroatoms. The zero-order valence-corrected chi connectivity index (χ0v) is 14.5. The molecular formula is C16H27NO3S. The summed E-state index contributed by atoms with van der Waals surface area (Å²) >= 11 is 0. The van der Waals surface area contributed by atoms with Crippen LogP contribution >= 0.6 is 0 Å². The highest BCUT2D eigenvalue weighted by atomic mass is 32.2. The summed E-state index contributed by atoms with van der Waals surface area (Å²) in [5, 5.41) is 2.99. The molecular weight excluding hydrogens is 286 g/mol. The molecule has 0 aliphatic rings. The maximum absolute atomic E-state index is 11.8. The molecule has 0 aromatic heterocycles. The minimum Gasteiger partial charge on any atom is -0.492 e. The Labute approximate surface area is 128 Å². The Morgan fingerprint density at radius 2 is 1.90 bits per heavy atom. The van der Waals surface area contributed by atoms with Gasteiger partial charge in [-0.15, -0.1) is 0 Å². The van der Waals surface area contributed by atoms with Gasteiger partial charge in [0.2, 0.25) is 0 Å². The van der Waals surface area contributed by atoms with Gasteiger partial charge in [-0.05, 0) is 40.3 Å². The lowest BCUT2D eigenvalue weighted by Crippen LogP contribution is -2.23. The van der Waals surface area contributed by atoms with E-state index in [1.807, 2.05) is 19.1 Å². The molecule has 1 N–H and O–H groups in total. The van der Waals surface area contributed by atoms with Crippen molar-refractivity contribution < 1.29 is 13.2 Å². The number of hydrogen-bond donors (Lipinski definition) is 1. The molecule has 1 atom stereocenters. The second-order valence-electron chi connectivity index (χ2n) is 5.58. The van der Waals surface area contributed by atoms with Gasteiger partial charge in [0.25, 0.3) is 0 Å². The van der Waals surface area contributed by atoms with Crippen molar-refractivity contribution in [2.24, 2.45) is 0 Å². The van der Waals surface area contributed by atoms with Crippen LogP contribution in [0.15, 0.2) is 18.2 Å². The number of benzene rings is 1. The van der Waals surface area contributed by atoms with E-state index in [-0.39, 0.29) is 23.7 Å². The third-order valence-electron chi connectivity index (χ3n) is 3.49. The Kier molecular flexibility index (Phi) is 6.68. The third-order valence-corrected chi connectivity index (χ3v) is 5.66. The summed E-state index contributed by atoms with van der Waals surface area (Å²) in [6, 6.07) is 6.15. The van der Waals surface area contributed by atoms with Crippen LogP contribution < -0.4 is 10.1 Å². The van der Waals surface area contributed by atoms with E-state index in [0.717, 1.165) is 23.4 Å². The Balaban J connectivity index is 2.79. The largest absolute Gasteiger partial charge is 0.492 e. The van der Waals surface area contributed by atoms with Crippen LogP contribution in [0, 0.1) is 6.92 Å².